The number of hydrogen-bond acceptors (Lipinski definition) is 3. The van der Waals surface area contributed by atoms with Crippen LogP contribution < -0.4 is 0 Å². The van der Waals surface area contributed by atoms with E-state index in [4.69, 9.17) is 11.6 Å². The SMILES string of the molecule is Cc1cc2c(Cl)nc(-c3ccn(C)c3)nc2s1. The van der Waals surface area contributed by atoms with Crippen LogP contribution >= 0.6 is 22.9 Å². The van der Waals surface area contributed by atoms with Gasteiger partial charge in [-0.25, -0.2) is 9.97 Å². The quantitative estimate of drug-likeness (QED) is 0.628. The summed E-state index contributed by atoms with van der Waals surface area (Å²) in [6, 6.07) is 4.01. The summed E-state index contributed by atoms with van der Waals surface area (Å²) in [5, 5.41) is 1.46. The summed E-state index contributed by atoms with van der Waals surface area (Å²) in [4.78, 5) is 11.0. The number of nitrogens with zero attached hydrogens (tertiary/aromatic N) is 3. The molecule has 0 bridgehead atoms. The first-order chi connectivity index (χ1) is 8.13. The number of hydrogen-bond donors (Lipinski definition) is 0. The Labute approximate surface area is 108 Å². The van der Waals surface area contributed by atoms with Crippen LogP contribution in [-0.4, -0.2) is 14.5 Å². The van der Waals surface area contributed by atoms with Gasteiger partial charge in [0.2, 0.25) is 0 Å². The van der Waals surface area contributed by atoms with E-state index < -0.39 is 0 Å². The number of fused-ring (bicyclic) bond motifs is 1. The highest BCUT2D eigenvalue weighted by atomic mass is 35.5. The van der Waals surface area contributed by atoms with Crippen molar-refractivity contribution in [3.63, 3.8) is 0 Å². The van der Waals surface area contributed by atoms with Gasteiger partial charge in [0.1, 0.15) is 9.98 Å². The van der Waals surface area contributed by atoms with Crippen LogP contribution in [0.3, 0.4) is 0 Å². The standard InChI is InChI=1S/C12H10ClN3S/c1-7-5-9-10(13)14-11(15-12(9)17-7)8-3-4-16(2)6-8/h3-6H,1-2H3. The van der Waals surface area contributed by atoms with Crippen LogP contribution in [0.15, 0.2) is 24.5 Å². The van der Waals surface area contributed by atoms with Crippen LogP contribution in [0.5, 0.6) is 0 Å². The van der Waals surface area contributed by atoms with E-state index in [1.807, 2.05) is 43.1 Å². The van der Waals surface area contributed by atoms with E-state index in [0.717, 1.165) is 15.8 Å². The molecule has 3 aromatic heterocycles. The van der Waals surface area contributed by atoms with Gasteiger partial charge in [-0.2, -0.15) is 0 Å². The zero-order valence-electron chi connectivity index (χ0n) is 9.44. The lowest BCUT2D eigenvalue weighted by Crippen LogP contribution is -1.88. The van der Waals surface area contributed by atoms with E-state index in [9.17, 15) is 0 Å². The maximum absolute atomic E-state index is 6.18. The Kier molecular flexibility index (Phi) is 2.42. The summed E-state index contributed by atoms with van der Waals surface area (Å²) >= 11 is 7.82. The molecule has 0 N–H and O–H groups in total. The number of aromatic nitrogens is 3. The molecule has 5 heteroatoms. The van der Waals surface area contributed by atoms with Gasteiger partial charge in [0, 0.05) is 35.3 Å². The van der Waals surface area contributed by atoms with Gasteiger partial charge in [-0.3, -0.25) is 0 Å². The van der Waals surface area contributed by atoms with Crippen LogP contribution in [0.2, 0.25) is 5.15 Å². The molecule has 0 aromatic carbocycles. The molecule has 0 amide bonds. The number of rotatable bonds is 1. The van der Waals surface area contributed by atoms with Crippen molar-refractivity contribution in [3.8, 4) is 11.4 Å². The summed E-state index contributed by atoms with van der Waals surface area (Å²) in [6.07, 6.45) is 3.95. The first-order valence-electron chi connectivity index (χ1n) is 5.19. The third kappa shape index (κ3) is 1.83. The summed E-state index contributed by atoms with van der Waals surface area (Å²) in [7, 11) is 1.97. The Hall–Kier alpha value is -1.39. The molecule has 0 spiro atoms. The highest BCUT2D eigenvalue weighted by molar-refractivity contribution is 7.18. The molecule has 3 rings (SSSR count). The lowest BCUT2D eigenvalue weighted by atomic mass is 10.3. The van der Waals surface area contributed by atoms with Crippen molar-refractivity contribution in [2.24, 2.45) is 7.05 Å². The molecule has 0 aliphatic rings. The smallest absolute Gasteiger partial charge is 0.164 e. The average Bonchev–Trinajstić information content (AvgIpc) is 2.83. The molecular formula is C12H10ClN3S. The van der Waals surface area contributed by atoms with Gasteiger partial charge in [-0.1, -0.05) is 11.6 Å². The summed E-state index contributed by atoms with van der Waals surface area (Å²) in [5.41, 5.74) is 0.988. The minimum atomic E-state index is 0.526. The number of halogens is 1. The lowest BCUT2D eigenvalue weighted by molar-refractivity contribution is 0.928. The minimum Gasteiger partial charge on any atom is -0.357 e. The van der Waals surface area contributed by atoms with E-state index in [-0.39, 0.29) is 0 Å². The van der Waals surface area contributed by atoms with E-state index in [2.05, 4.69) is 9.97 Å². The third-order valence-electron chi connectivity index (χ3n) is 2.56. The monoisotopic (exact) mass is 263 g/mol. The van der Waals surface area contributed by atoms with E-state index in [1.165, 1.54) is 4.88 Å². The maximum atomic E-state index is 6.18. The molecule has 0 unspecified atom stereocenters. The zero-order valence-corrected chi connectivity index (χ0v) is 11.0. The molecule has 0 atom stereocenters. The highest BCUT2D eigenvalue weighted by Gasteiger charge is 2.10. The Morgan fingerprint density at radius 3 is 2.88 bits per heavy atom. The van der Waals surface area contributed by atoms with Crippen LogP contribution in [0.25, 0.3) is 21.6 Å². The Balaban J connectivity index is 2.24. The van der Waals surface area contributed by atoms with Crippen LogP contribution in [0.4, 0.5) is 0 Å². The van der Waals surface area contributed by atoms with E-state index in [1.54, 1.807) is 11.3 Å². The maximum Gasteiger partial charge on any atom is 0.164 e. The molecular weight excluding hydrogens is 254 g/mol. The molecule has 0 aliphatic heterocycles. The van der Waals surface area contributed by atoms with Gasteiger partial charge in [-0.15, -0.1) is 11.3 Å². The van der Waals surface area contributed by atoms with Crippen molar-refractivity contribution in [2.75, 3.05) is 0 Å². The van der Waals surface area contributed by atoms with Gasteiger partial charge in [0.25, 0.3) is 0 Å². The fourth-order valence-electron chi connectivity index (χ4n) is 1.77. The van der Waals surface area contributed by atoms with Gasteiger partial charge in [-0.05, 0) is 19.1 Å². The molecule has 0 radical (unpaired) electrons. The topological polar surface area (TPSA) is 30.7 Å². The first kappa shape index (κ1) is 10.7. The summed E-state index contributed by atoms with van der Waals surface area (Å²) < 4.78 is 1.97. The normalized spacial score (nSPS) is 11.2. The molecule has 3 nitrogen and oxygen atoms in total. The lowest BCUT2D eigenvalue weighted by Gasteiger charge is -1.98. The Morgan fingerprint density at radius 2 is 2.18 bits per heavy atom. The molecule has 86 valence electrons. The van der Waals surface area contributed by atoms with Crippen molar-refractivity contribution in [1.82, 2.24) is 14.5 Å². The molecule has 0 saturated heterocycles. The first-order valence-corrected chi connectivity index (χ1v) is 6.39. The molecule has 3 aromatic rings. The fraction of sp³-hybridized carbons (Fsp3) is 0.167. The van der Waals surface area contributed by atoms with Crippen molar-refractivity contribution >= 4 is 33.2 Å². The van der Waals surface area contributed by atoms with Gasteiger partial charge in [0.05, 0.1) is 0 Å². The molecule has 17 heavy (non-hydrogen) atoms. The van der Waals surface area contributed by atoms with Crippen molar-refractivity contribution in [3.05, 3.63) is 34.6 Å². The third-order valence-corrected chi connectivity index (χ3v) is 3.79. The molecule has 3 heterocycles. The van der Waals surface area contributed by atoms with Crippen LogP contribution in [0, 0.1) is 6.92 Å². The van der Waals surface area contributed by atoms with Crippen LogP contribution in [-0.2, 0) is 7.05 Å². The van der Waals surface area contributed by atoms with Crippen molar-refractivity contribution in [2.45, 2.75) is 6.92 Å². The second-order valence-electron chi connectivity index (χ2n) is 3.98. The zero-order chi connectivity index (χ0) is 12.0. The minimum absolute atomic E-state index is 0.526. The fourth-order valence-corrected chi connectivity index (χ4v) is 2.93. The summed E-state index contributed by atoms with van der Waals surface area (Å²) in [6.45, 7) is 2.05. The number of aryl methyl sites for hydroxylation is 2. The molecule has 0 aliphatic carbocycles. The predicted octanol–water partition coefficient (Wildman–Crippen LogP) is 3.66. The largest absolute Gasteiger partial charge is 0.357 e. The predicted molar refractivity (Wildman–Crippen MR) is 71.6 cm³/mol. The average molecular weight is 264 g/mol. The Morgan fingerprint density at radius 1 is 1.35 bits per heavy atom. The highest BCUT2D eigenvalue weighted by Crippen LogP contribution is 2.30. The van der Waals surface area contributed by atoms with E-state index in [0.29, 0.717) is 11.0 Å². The Bertz CT molecular complexity index is 699. The molecule has 0 saturated carbocycles. The second kappa shape index (κ2) is 3.82. The van der Waals surface area contributed by atoms with E-state index >= 15 is 0 Å². The molecule has 0 fully saturated rings. The summed E-state index contributed by atoms with van der Waals surface area (Å²) in [5.74, 6) is 0.685. The van der Waals surface area contributed by atoms with Gasteiger partial charge >= 0.3 is 0 Å². The van der Waals surface area contributed by atoms with Crippen molar-refractivity contribution in [1.29, 1.82) is 0 Å². The number of thiophene rings is 1. The van der Waals surface area contributed by atoms with Gasteiger partial charge < -0.3 is 4.57 Å². The van der Waals surface area contributed by atoms with Gasteiger partial charge in [0.15, 0.2) is 5.82 Å². The second-order valence-corrected chi connectivity index (χ2v) is 5.57. The van der Waals surface area contributed by atoms with Crippen molar-refractivity contribution < 1.29 is 0 Å². The van der Waals surface area contributed by atoms with Crippen LogP contribution in [0.1, 0.15) is 4.88 Å².